The average Bonchev–Trinajstić information content (AvgIpc) is 2.66. The largest absolute Gasteiger partial charge is 0.395 e. The van der Waals surface area contributed by atoms with Crippen molar-refractivity contribution in [2.75, 3.05) is 6.61 Å². The Morgan fingerprint density at radius 1 is 1.40 bits per heavy atom. The van der Waals surface area contributed by atoms with Crippen LogP contribution in [0.15, 0.2) is 18.2 Å². The second kappa shape index (κ2) is 5.37. The van der Waals surface area contributed by atoms with Crippen LogP contribution in [0, 0.1) is 0 Å². The Morgan fingerprint density at radius 2 is 2.20 bits per heavy atom. The van der Waals surface area contributed by atoms with E-state index in [2.05, 4.69) is 8.75 Å². The van der Waals surface area contributed by atoms with Crippen LogP contribution < -0.4 is 5.73 Å². The number of rotatable bonds is 3. The number of halogens is 1. The van der Waals surface area contributed by atoms with E-state index in [9.17, 15) is 0 Å². The van der Waals surface area contributed by atoms with E-state index in [0.717, 1.165) is 16.6 Å². The number of hydrogen-bond acceptors (Lipinski definition) is 5. The fourth-order valence-corrected chi connectivity index (χ4v) is 1.94. The molecule has 1 unspecified atom stereocenters. The molecular formula is C9H12ClN3OS. The summed E-state index contributed by atoms with van der Waals surface area (Å²) in [5.41, 5.74) is 8.53. The Morgan fingerprint density at radius 3 is 2.93 bits per heavy atom. The molecule has 1 aromatic heterocycles. The van der Waals surface area contributed by atoms with Gasteiger partial charge in [-0.05, 0) is 18.1 Å². The lowest BCUT2D eigenvalue weighted by Crippen LogP contribution is -2.26. The molecule has 3 N–H and O–H groups in total. The average molecular weight is 246 g/mol. The Labute approximate surface area is 97.9 Å². The second-order valence-corrected chi connectivity index (χ2v) is 3.72. The molecule has 0 amide bonds. The summed E-state index contributed by atoms with van der Waals surface area (Å²) in [6.07, 6.45) is 0.638. The second-order valence-electron chi connectivity index (χ2n) is 3.20. The van der Waals surface area contributed by atoms with Gasteiger partial charge in [-0.25, -0.2) is 0 Å². The van der Waals surface area contributed by atoms with Crippen molar-refractivity contribution in [3.63, 3.8) is 0 Å². The van der Waals surface area contributed by atoms with Crippen LogP contribution in [0.2, 0.25) is 0 Å². The standard InChI is InChI=1S/C9H11N3OS.ClH/c10-7(5-13)4-6-2-1-3-8-9(6)12-14-11-8;/h1-3,7,13H,4-5,10H2;1H. The highest BCUT2D eigenvalue weighted by Crippen LogP contribution is 2.17. The lowest BCUT2D eigenvalue weighted by molar-refractivity contribution is 0.265. The number of nitrogens with two attached hydrogens (primary N) is 1. The molecule has 0 saturated carbocycles. The third-order valence-corrected chi connectivity index (χ3v) is 2.63. The summed E-state index contributed by atoms with van der Waals surface area (Å²) in [5, 5.41) is 8.86. The minimum absolute atomic E-state index is 0. The summed E-state index contributed by atoms with van der Waals surface area (Å²) >= 11 is 1.20. The van der Waals surface area contributed by atoms with E-state index in [1.54, 1.807) is 0 Å². The van der Waals surface area contributed by atoms with Gasteiger partial charge in [0.25, 0.3) is 0 Å². The molecule has 4 nitrogen and oxygen atoms in total. The van der Waals surface area contributed by atoms with Crippen molar-refractivity contribution >= 4 is 35.2 Å². The van der Waals surface area contributed by atoms with Crippen molar-refractivity contribution in [2.24, 2.45) is 5.73 Å². The summed E-state index contributed by atoms with van der Waals surface area (Å²) in [5.74, 6) is 0. The molecule has 15 heavy (non-hydrogen) atoms. The van der Waals surface area contributed by atoms with Crippen LogP contribution in [0.4, 0.5) is 0 Å². The molecule has 1 aromatic carbocycles. The smallest absolute Gasteiger partial charge is 0.108 e. The maximum atomic E-state index is 8.86. The first kappa shape index (κ1) is 12.3. The quantitative estimate of drug-likeness (QED) is 0.846. The van der Waals surface area contributed by atoms with Gasteiger partial charge in [-0.2, -0.15) is 8.75 Å². The number of aliphatic hydroxyl groups excluding tert-OH is 1. The first-order valence-corrected chi connectivity index (χ1v) is 5.11. The van der Waals surface area contributed by atoms with Crippen molar-refractivity contribution in [3.05, 3.63) is 23.8 Å². The van der Waals surface area contributed by atoms with Crippen LogP contribution in [0.25, 0.3) is 11.0 Å². The van der Waals surface area contributed by atoms with Gasteiger partial charge in [-0.1, -0.05) is 12.1 Å². The number of benzene rings is 1. The van der Waals surface area contributed by atoms with E-state index in [0.29, 0.717) is 6.42 Å². The van der Waals surface area contributed by atoms with Crippen LogP contribution in [0.3, 0.4) is 0 Å². The Balaban J connectivity index is 0.00000112. The van der Waals surface area contributed by atoms with Gasteiger partial charge in [-0.3, -0.25) is 0 Å². The SMILES string of the molecule is Cl.NC(CO)Cc1cccc2nsnc12. The van der Waals surface area contributed by atoms with Gasteiger partial charge >= 0.3 is 0 Å². The van der Waals surface area contributed by atoms with Gasteiger partial charge < -0.3 is 10.8 Å². The number of fused-ring (bicyclic) bond motifs is 1. The molecule has 0 aliphatic rings. The molecular weight excluding hydrogens is 234 g/mol. The van der Waals surface area contributed by atoms with E-state index in [1.807, 2.05) is 18.2 Å². The number of aromatic nitrogens is 2. The molecule has 82 valence electrons. The van der Waals surface area contributed by atoms with Gasteiger partial charge in [-0.15, -0.1) is 12.4 Å². The lowest BCUT2D eigenvalue weighted by Gasteiger charge is -2.07. The van der Waals surface area contributed by atoms with Gasteiger partial charge in [0.2, 0.25) is 0 Å². The lowest BCUT2D eigenvalue weighted by atomic mass is 10.1. The predicted octanol–water partition coefficient (Wildman–Crippen LogP) is 0.975. The zero-order chi connectivity index (χ0) is 9.97. The number of aliphatic hydroxyl groups is 1. The van der Waals surface area contributed by atoms with Gasteiger partial charge in [0.05, 0.1) is 18.3 Å². The molecule has 2 aromatic rings. The highest BCUT2D eigenvalue weighted by Gasteiger charge is 2.08. The number of hydrogen-bond donors (Lipinski definition) is 2. The summed E-state index contributed by atoms with van der Waals surface area (Å²) in [6, 6.07) is 5.61. The van der Waals surface area contributed by atoms with E-state index in [1.165, 1.54) is 11.7 Å². The van der Waals surface area contributed by atoms with Crippen LogP contribution >= 0.6 is 24.1 Å². The van der Waals surface area contributed by atoms with Crippen LogP contribution in [0.5, 0.6) is 0 Å². The molecule has 0 saturated heterocycles. The van der Waals surface area contributed by atoms with E-state index in [-0.39, 0.29) is 25.1 Å². The third kappa shape index (κ3) is 2.63. The molecule has 0 radical (unpaired) electrons. The van der Waals surface area contributed by atoms with Crippen LogP contribution in [-0.2, 0) is 6.42 Å². The molecule has 1 atom stereocenters. The molecule has 2 rings (SSSR count). The van der Waals surface area contributed by atoms with Crippen molar-refractivity contribution in [1.29, 1.82) is 0 Å². The first-order chi connectivity index (χ1) is 6.81. The maximum Gasteiger partial charge on any atom is 0.108 e. The molecule has 0 aliphatic carbocycles. The van der Waals surface area contributed by atoms with E-state index in [4.69, 9.17) is 10.8 Å². The van der Waals surface area contributed by atoms with E-state index < -0.39 is 0 Å². The fraction of sp³-hybridized carbons (Fsp3) is 0.333. The molecule has 0 fully saturated rings. The topological polar surface area (TPSA) is 72.0 Å². The summed E-state index contributed by atoms with van der Waals surface area (Å²) in [7, 11) is 0. The third-order valence-electron chi connectivity index (χ3n) is 2.09. The molecule has 0 aliphatic heterocycles. The highest BCUT2D eigenvalue weighted by atomic mass is 35.5. The van der Waals surface area contributed by atoms with Crippen LogP contribution in [-0.4, -0.2) is 26.5 Å². The van der Waals surface area contributed by atoms with Crippen molar-refractivity contribution < 1.29 is 5.11 Å². The normalized spacial score (nSPS) is 12.4. The summed E-state index contributed by atoms with van der Waals surface area (Å²) in [4.78, 5) is 0. The van der Waals surface area contributed by atoms with E-state index >= 15 is 0 Å². The van der Waals surface area contributed by atoms with Crippen molar-refractivity contribution in [2.45, 2.75) is 12.5 Å². The zero-order valence-corrected chi connectivity index (χ0v) is 9.59. The van der Waals surface area contributed by atoms with Crippen LogP contribution in [0.1, 0.15) is 5.56 Å². The van der Waals surface area contributed by atoms with Gasteiger partial charge in [0.1, 0.15) is 11.0 Å². The highest BCUT2D eigenvalue weighted by molar-refractivity contribution is 7.00. The predicted molar refractivity (Wildman–Crippen MR) is 63.4 cm³/mol. The monoisotopic (exact) mass is 245 g/mol. The molecule has 0 spiro atoms. The molecule has 6 heteroatoms. The number of nitrogens with zero attached hydrogens (tertiary/aromatic N) is 2. The van der Waals surface area contributed by atoms with Crippen molar-refractivity contribution in [3.8, 4) is 0 Å². The Hall–Kier alpha value is -0.750. The zero-order valence-electron chi connectivity index (χ0n) is 7.96. The summed E-state index contributed by atoms with van der Waals surface area (Å²) < 4.78 is 8.34. The molecule has 0 bridgehead atoms. The van der Waals surface area contributed by atoms with Gasteiger partial charge in [0, 0.05) is 6.04 Å². The van der Waals surface area contributed by atoms with Gasteiger partial charge in [0.15, 0.2) is 0 Å². The van der Waals surface area contributed by atoms with Crippen molar-refractivity contribution in [1.82, 2.24) is 8.75 Å². The Kier molecular flexibility index (Phi) is 4.41. The fourth-order valence-electron chi connectivity index (χ4n) is 1.37. The molecule has 1 heterocycles. The minimum atomic E-state index is -0.220. The maximum absolute atomic E-state index is 8.86. The summed E-state index contributed by atoms with van der Waals surface area (Å²) in [6.45, 7) is -0.00600. The minimum Gasteiger partial charge on any atom is -0.395 e. The Bertz CT molecular complexity index is 434. The first-order valence-electron chi connectivity index (χ1n) is 4.38.